The molecule has 2 unspecified atom stereocenters. The summed E-state index contributed by atoms with van der Waals surface area (Å²) < 4.78 is 9.74. The molecule has 8 nitrogen and oxygen atoms in total. The highest BCUT2D eigenvalue weighted by atomic mass is 16.5. The van der Waals surface area contributed by atoms with Gasteiger partial charge in [-0.3, -0.25) is 14.9 Å². The van der Waals surface area contributed by atoms with E-state index in [0.717, 1.165) is 27.4 Å². The van der Waals surface area contributed by atoms with Crippen LogP contribution in [0.1, 0.15) is 37.3 Å². The van der Waals surface area contributed by atoms with Gasteiger partial charge in [-0.05, 0) is 31.9 Å². The van der Waals surface area contributed by atoms with Crippen LogP contribution >= 0.6 is 0 Å². The minimum Gasteiger partial charge on any atom is -0.390 e. The monoisotopic (exact) mass is 513 g/mol. The first-order chi connectivity index (χ1) is 18.3. The van der Waals surface area contributed by atoms with Crippen LogP contribution in [0.5, 0.6) is 0 Å². The van der Waals surface area contributed by atoms with Crippen LogP contribution in [0.2, 0.25) is 0 Å². The smallest absolute Gasteiger partial charge is 0.259 e. The Labute approximate surface area is 220 Å². The first-order valence-corrected chi connectivity index (χ1v) is 13.1. The number of fused-ring (bicyclic) bond motifs is 2. The number of ether oxygens (including phenoxy) is 1. The van der Waals surface area contributed by atoms with Crippen LogP contribution in [0.4, 0.5) is 0 Å². The van der Waals surface area contributed by atoms with Gasteiger partial charge in [-0.2, -0.15) is 0 Å². The van der Waals surface area contributed by atoms with E-state index in [4.69, 9.17) is 4.74 Å². The van der Waals surface area contributed by atoms with Gasteiger partial charge in [-0.15, -0.1) is 0 Å². The molecule has 0 radical (unpaired) electrons. The molecule has 38 heavy (non-hydrogen) atoms. The zero-order chi connectivity index (χ0) is 26.6. The Morgan fingerprint density at radius 2 is 1.58 bits per heavy atom. The van der Waals surface area contributed by atoms with E-state index in [2.05, 4.69) is 9.88 Å². The van der Waals surface area contributed by atoms with Crippen molar-refractivity contribution in [3.8, 4) is 0 Å². The third kappa shape index (κ3) is 4.05. The van der Waals surface area contributed by atoms with Crippen molar-refractivity contribution in [2.24, 2.45) is 7.05 Å². The normalized spacial score (nSPS) is 22.7. The molecule has 1 fully saturated rings. The number of aryl methyl sites for hydroxylation is 2. The first kappa shape index (κ1) is 24.6. The van der Waals surface area contributed by atoms with Crippen LogP contribution in [0.3, 0.4) is 0 Å². The van der Waals surface area contributed by atoms with Gasteiger partial charge >= 0.3 is 0 Å². The molecular weight excluding hydrogens is 482 g/mol. The van der Waals surface area contributed by atoms with Gasteiger partial charge in [0.1, 0.15) is 0 Å². The SMILES string of the molecule is C[C@H]1OC(C(O)CCCn2cc(C3=C(c4cn(C)c5ccccc45)C(=O)NC3=O)c3ccccc32)C[C@@H]1O. The number of carbonyl (C=O) groups is 2. The fourth-order valence-corrected chi connectivity index (χ4v) is 5.90. The summed E-state index contributed by atoms with van der Waals surface area (Å²) in [6.07, 6.45) is 3.65. The molecule has 0 spiro atoms. The third-order valence-electron chi connectivity index (χ3n) is 7.89. The summed E-state index contributed by atoms with van der Waals surface area (Å²) in [7, 11) is 1.93. The number of benzene rings is 2. The molecule has 2 aromatic heterocycles. The van der Waals surface area contributed by atoms with Crippen molar-refractivity contribution in [1.82, 2.24) is 14.5 Å². The highest BCUT2D eigenvalue weighted by Gasteiger charge is 2.36. The molecule has 4 aromatic rings. The van der Waals surface area contributed by atoms with E-state index in [1.54, 1.807) is 0 Å². The number of aliphatic hydroxyl groups is 2. The molecule has 196 valence electrons. The highest BCUT2D eigenvalue weighted by molar-refractivity contribution is 6.50. The molecule has 3 N–H and O–H groups in total. The Hall–Kier alpha value is -3.72. The van der Waals surface area contributed by atoms with Gasteiger partial charge in [-0.1, -0.05) is 36.4 Å². The molecule has 4 atom stereocenters. The predicted octanol–water partition coefficient (Wildman–Crippen LogP) is 3.38. The van der Waals surface area contributed by atoms with Gasteiger partial charge < -0.3 is 24.1 Å². The van der Waals surface area contributed by atoms with Crippen LogP contribution < -0.4 is 5.32 Å². The van der Waals surface area contributed by atoms with Crippen molar-refractivity contribution in [2.75, 3.05) is 0 Å². The molecule has 2 aliphatic rings. The molecule has 4 heterocycles. The first-order valence-electron chi connectivity index (χ1n) is 13.1. The summed E-state index contributed by atoms with van der Waals surface area (Å²) in [5, 5.41) is 24.9. The number of aromatic nitrogens is 2. The third-order valence-corrected chi connectivity index (χ3v) is 7.89. The van der Waals surface area contributed by atoms with E-state index in [1.165, 1.54) is 0 Å². The topological polar surface area (TPSA) is 106 Å². The van der Waals surface area contributed by atoms with E-state index in [9.17, 15) is 19.8 Å². The van der Waals surface area contributed by atoms with Crippen LogP contribution in [0.25, 0.3) is 33.0 Å². The van der Waals surface area contributed by atoms with Crippen molar-refractivity contribution in [3.05, 3.63) is 72.1 Å². The maximum absolute atomic E-state index is 13.2. The lowest BCUT2D eigenvalue weighted by atomic mass is 9.95. The number of hydrogen-bond acceptors (Lipinski definition) is 5. The van der Waals surface area contributed by atoms with Gasteiger partial charge in [0.15, 0.2) is 0 Å². The Morgan fingerprint density at radius 3 is 2.24 bits per heavy atom. The zero-order valence-corrected chi connectivity index (χ0v) is 21.4. The minimum absolute atomic E-state index is 0.268. The second-order valence-corrected chi connectivity index (χ2v) is 10.3. The minimum atomic E-state index is -0.658. The van der Waals surface area contributed by atoms with E-state index >= 15 is 0 Å². The summed E-state index contributed by atoms with van der Waals surface area (Å²) in [6, 6.07) is 15.7. The number of aliphatic hydroxyl groups excluding tert-OH is 2. The van der Waals surface area contributed by atoms with Crippen LogP contribution in [0, 0.1) is 0 Å². The lowest BCUT2D eigenvalue weighted by Crippen LogP contribution is -2.26. The molecule has 1 saturated heterocycles. The van der Waals surface area contributed by atoms with Gasteiger partial charge in [0.05, 0.1) is 35.6 Å². The average Bonchev–Trinajstić information content (AvgIpc) is 3.62. The Morgan fingerprint density at radius 1 is 0.974 bits per heavy atom. The average molecular weight is 514 g/mol. The standard InChI is InChI=1S/C30H31N3O5/c1-17-25(35)14-26(38-17)24(34)12-7-13-33-16-21(19-9-4-6-11-23(19)33)28-27(29(36)31-30(28)37)20-15-32(2)22-10-5-3-8-18(20)22/h3-6,8-11,15-17,24-26,34-35H,7,12-14H2,1-2H3,(H,31,36,37)/t17-,24?,25+,26?/m1/s1. The van der Waals surface area contributed by atoms with Crippen molar-refractivity contribution in [1.29, 1.82) is 0 Å². The van der Waals surface area contributed by atoms with Crippen molar-refractivity contribution in [3.63, 3.8) is 0 Å². The summed E-state index contributed by atoms with van der Waals surface area (Å²) in [5.74, 6) is -0.795. The fourth-order valence-electron chi connectivity index (χ4n) is 5.90. The van der Waals surface area contributed by atoms with Crippen molar-refractivity contribution >= 4 is 44.8 Å². The Bertz CT molecular complexity index is 1590. The second-order valence-electron chi connectivity index (χ2n) is 10.3. The summed E-state index contributed by atoms with van der Waals surface area (Å²) >= 11 is 0. The number of amides is 2. The zero-order valence-electron chi connectivity index (χ0n) is 21.4. The van der Waals surface area contributed by atoms with Gasteiger partial charge in [0, 0.05) is 65.3 Å². The van der Waals surface area contributed by atoms with Crippen LogP contribution in [-0.4, -0.2) is 55.6 Å². The molecule has 2 aromatic carbocycles. The van der Waals surface area contributed by atoms with E-state index in [-0.39, 0.29) is 12.2 Å². The molecule has 6 rings (SSSR count). The van der Waals surface area contributed by atoms with Crippen molar-refractivity contribution < 1.29 is 24.5 Å². The number of nitrogens with one attached hydrogen (secondary N) is 1. The Kier molecular flexibility index (Phi) is 6.18. The summed E-state index contributed by atoms with van der Waals surface area (Å²) in [4.78, 5) is 26.3. The number of carbonyl (C=O) groups excluding carboxylic acids is 2. The van der Waals surface area contributed by atoms with Gasteiger partial charge in [0.25, 0.3) is 11.8 Å². The van der Waals surface area contributed by atoms with Gasteiger partial charge in [-0.25, -0.2) is 0 Å². The molecule has 0 saturated carbocycles. The van der Waals surface area contributed by atoms with Crippen molar-refractivity contribution in [2.45, 2.75) is 57.1 Å². The lowest BCUT2D eigenvalue weighted by Gasteiger charge is -2.18. The lowest BCUT2D eigenvalue weighted by molar-refractivity contribution is -0.122. The van der Waals surface area contributed by atoms with E-state index < -0.39 is 24.0 Å². The number of hydrogen-bond donors (Lipinski definition) is 3. The molecule has 2 aliphatic heterocycles. The van der Waals surface area contributed by atoms with Gasteiger partial charge in [0.2, 0.25) is 0 Å². The molecule has 8 heteroatoms. The van der Waals surface area contributed by atoms with E-state index in [1.807, 2.05) is 79.5 Å². The summed E-state index contributed by atoms with van der Waals surface area (Å²) in [6.45, 7) is 2.44. The quantitative estimate of drug-likeness (QED) is 0.329. The number of imide groups is 1. The maximum atomic E-state index is 13.2. The number of nitrogens with zero attached hydrogens (tertiary/aromatic N) is 2. The fraction of sp³-hybridized carbons (Fsp3) is 0.333. The number of para-hydroxylation sites is 2. The largest absolute Gasteiger partial charge is 0.390 e. The molecular formula is C30H31N3O5. The molecule has 2 amide bonds. The predicted molar refractivity (Wildman–Crippen MR) is 145 cm³/mol. The Balaban J connectivity index is 1.36. The van der Waals surface area contributed by atoms with Crippen LogP contribution in [0.15, 0.2) is 60.9 Å². The van der Waals surface area contributed by atoms with Crippen LogP contribution in [-0.2, 0) is 27.9 Å². The molecule has 0 aliphatic carbocycles. The molecule has 0 bridgehead atoms. The maximum Gasteiger partial charge on any atom is 0.259 e. The summed E-state index contributed by atoms with van der Waals surface area (Å²) in [5.41, 5.74) is 4.14. The second kappa shape index (κ2) is 9.54. The highest BCUT2D eigenvalue weighted by Crippen LogP contribution is 2.39. The number of rotatable bonds is 7. The van der Waals surface area contributed by atoms with E-state index in [0.29, 0.717) is 42.5 Å².